The lowest BCUT2D eigenvalue weighted by atomic mass is 9.96. The summed E-state index contributed by atoms with van der Waals surface area (Å²) in [6.45, 7) is 4.05. The molecule has 0 aromatic heterocycles. The van der Waals surface area contributed by atoms with E-state index in [1.165, 1.54) is 0 Å². The van der Waals surface area contributed by atoms with Crippen LogP contribution in [0.2, 0.25) is 0 Å². The highest BCUT2D eigenvalue weighted by atomic mass is 19.1. The number of carboxylic acid groups (broad SMARTS) is 1. The minimum absolute atomic E-state index is 0.120. The number of halogens is 2. The van der Waals surface area contributed by atoms with Crippen LogP contribution < -0.4 is 10.1 Å². The molecule has 0 aliphatic rings. The maximum Gasteiger partial charge on any atom is 0.323 e. The maximum absolute atomic E-state index is 13.3. The van der Waals surface area contributed by atoms with Crippen molar-refractivity contribution in [3.8, 4) is 5.75 Å². The molecule has 20 heavy (non-hydrogen) atoms. The summed E-state index contributed by atoms with van der Waals surface area (Å²) in [6, 6.07) is 2.97. The summed E-state index contributed by atoms with van der Waals surface area (Å²) in [5, 5.41) is 12.0. The molecule has 0 radical (unpaired) electrons. The molecule has 1 aromatic rings. The van der Waals surface area contributed by atoms with Crippen molar-refractivity contribution in [1.29, 1.82) is 0 Å². The molecule has 1 atom stereocenters. The van der Waals surface area contributed by atoms with Crippen LogP contribution >= 0.6 is 0 Å². The van der Waals surface area contributed by atoms with Gasteiger partial charge in [0.1, 0.15) is 11.4 Å². The highest BCUT2D eigenvalue weighted by Crippen LogP contribution is 2.19. The Labute approximate surface area is 116 Å². The number of benzene rings is 1. The average molecular weight is 287 g/mol. The molecule has 1 unspecified atom stereocenters. The average Bonchev–Trinajstić information content (AvgIpc) is 2.38. The van der Waals surface area contributed by atoms with Crippen LogP contribution in [0.3, 0.4) is 0 Å². The van der Waals surface area contributed by atoms with Gasteiger partial charge in [-0.25, -0.2) is 8.78 Å². The molecule has 0 saturated carbocycles. The minimum atomic E-state index is -1.04. The lowest BCUT2D eigenvalue weighted by Crippen LogP contribution is -2.49. The molecule has 0 fully saturated rings. The van der Waals surface area contributed by atoms with Gasteiger partial charge in [0.2, 0.25) is 0 Å². The Morgan fingerprint density at radius 1 is 1.45 bits per heavy atom. The van der Waals surface area contributed by atoms with Crippen LogP contribution in [0.15, 0.2) is 18.2 Å². The van der Waals surface area contributed by atoms with Gasteiger partial charge in [-0.2, -0.15) is 0 Å². The van der Waals surface area contributed by atoms with E-state index in [4.69, 9.17) is 9.84 Å². The zero-order valence-corrected chi connectivity index (χ0v) is 11.6. The Kier molecular flexibility index (Phi) is 5.88. The van der Waals surface area contributed by atoms with Crippen molar-refractivity contribution < 1.29 is 23.4 Å². The van der Waals surface area contributed by atoms with Crippen LogP contribution in [0.4, 0.5) is 8.78 Å². The van der Waals surface area contributed by atoms with E-state index in [-0.39, 0.29) is 12.4 Å². The van der Waals surface area contributed by atoms with Crippen molar-refractivity contribution >= 4 is 5.97 Å². The molecule has 0 aliphatic heterocycles. The highest BCUT2D eigenvalue weighted by molar-refractivity contribution is 5.78. The molecule has 1 aromatic carbocycles. The molecule has 0 saturated heterocycles. The standard InChI is InChI=1S/C14H19F2NO3/c1-3-17-14(2,13(18)19)7-4-8-20-12-9-10(15)5-6-11(12)16/h5-6,9,17H,3-4,7-8H2,1-2H3,(H,18,19). The molecular weight excluding hydrogens is 268 g/mol. The normalized spacial score (nSPS) is 13.8. The molecule has 1 rings (SSSR count). The fraction of sp³-hybridized carbons (Fsp3) is 0.500. The Morgan fingerprint density at radius 2 is 2.15 bits per heavy atom. The number of hydrogen-bond acceptors (Lipinski definition) is 3. The van der Waals surface area contributed by atoms with Gasteiger partial charge < -0.3 is 15.2 Å². The molecule has 0 aliphatic carbocycles. The molecule has 0 heterocycles. The quantitative estimate of drug-likeness (QED) is 0.722. The van der Waals surface area contributed by atoms with Crippen LogP contribution in [-0.2, 0) is 4.79 Å². The van der Waals surface area contributed by atoms with Crippen LogP contribution in [0.5, 0.6) is 5.75 Å². The lowest BCUT2D eigenvalue weighted by Gasteiger charge is -2.25. The first-order valence-corrected chi connectivity index (χ1v) is 6.45. The number of rotatable bonds is 8. The summed E-state index contributed by atoms with van der Waals surface area (Å²) >= 11 is 0. The predicted molar refractivity (Wildman–Crippen MR) is 70.8 cm³/mol. The van der Waals surface area contributed by atoms with E-state index < -0.39 is 23.1 Å². The van der Waals surface area contributed by atoms with Gasteiger partial charge in [0.05, 0.1) is 6.61 Å². The number of carboxylic acids is 1. The van der Waals surface area contributed by atoms with E-state index in [0.29, 0.717) is 19.4 Å². The van der Waals surface area contributed by atoms with E-state index >= 15 is 0 Å². The fourth-order valence-electron chi connectivity index (χ4n) is 1.86. The van der Waals surface area contributed by atoms with Gasteiger partial charge in [-0.15, -0.1) is 0 Å². The first-order valence-electron chi connectivity index (χ1n) is 6.45. The van der Waals surface area contributed by atoms with E-state index in [9.17, 15) is 13.6 Å². The van der Waals surface area contributed by atoms with Crippen LogP contribution in [0, 0.1) is 11.6 Å². The van der Waals surface area contributed by atoms with E-state index in [2.05, 4.69) is 5.32 Å². The van der Waals surface area contributed by atoms with Crippen molar-refractivity contribution in [2.45, 2.75) is 32.2 Å². The van der Waals surface area contributed by atoms with Gasteiger partial charge in [0.25, 0.3) is 0 Å². The number of hydrogen-bond donors (Lipinski definition) is 2. The smallest absolute Gasteiger partial charge is 0.323 e. The van der Waals surface area contributed by atoms with Gasteiger partial charge in [-0.3, -0.25) is 4.79 Å². The lowest BCUT2D eigenvalue weighted by molar-refractivity contribution is -0.144. The predicted octanol–water partition coefficient (Wildman–Crippen LogP) is 2.58. The van der Waals surface area contributed by atoms with Crippen molar-refractivity contribution in [1.82, 2.24) is 5.32 Å². The Hall–Kier alpha value is -1.69. The molecule has 2 N–H and O–H groups in total. The maximum atomic E-state index is 13.3. The highest BCUT2D eigenvalue weighted by Gasteiger charge is 2.31. The first kappa shape index (κ1) is 16.4. The largest absolute Gasteiger partial charge is 0.490 e. The molecule has 4 nitrogen and oxygen atoms in total. The Balaban J connectivity index is 2.48. The number of aliphatic carboxylic acids is 1. The molecule has 0 amide bonds. The minimum Gasteiger partial charge on any atom is -0.490 e. The third-order valence-electron chi connectivity index (χ3n) is 3.01. The van der Waals surface area contributed by atoms with E-state index in [1.807, 2.05) is 6.92 Å². The summed E-state index contributed by atoms with van der Waals surface area (Å²) in [4.78, 5) is 11.2. The number of likely N-dealkylation sites (N-methyl/N-ethyl adjacent to an activating group) is 1. The summed E-state index contributed by atoms with van der Waals surface area (Å²) in [5.41, 5.74) is -1.04. The topological polar surface area (TPSA) is 58.6 Å². The SMILES string of the molecule is CCNC(C)(CCCOc1cc(F)ccc1F)C(=O)O. The van der Waals surface area contributed by atoms with Gasteiger partial charge in [0.15, 0.2) is 11.6 Å². The van der Waals surface area contributed by atoms with Crippen molar-refractivity contribution in [2.75, 3.05) is 13.2 Å². The fourth-order valence-corrected chi connectivity index (χ4v) is 1.86. The summed E-state index contributed by atoms with van der Waals surface area (Å²) in [5.74, 6) is -2.33. The summed E-state index contributed by atoms with van der Waals surface area (Å²) < 4.78 is 31.3. The number of nitrogens with one attached hydrogen (secondary N) is 1. The first-order chi connectivity index (χ1) is 9.39. The summed E-state index contributed by atoms with van der Waals surface area (Å²) in [7, 11) is 0. The van der Waals surface area contributed by atoms with Crippen molar-refractivity contribution in [2.24, 2.45) is 0 Å². The Bertz CT molecular complexity index is 468. The second-order valence-corrected chi connectivity index (χ2v) is 4.69. The van der Waals surface area contributed by atoms with Crippen LogP contribution in [0.1, 0.15) is 26.7 Å². The van der Waals surface area contributed by atoms with E-state index in [1.54, 1.807) is 6.92 Å². The van der Waals surface area contributed by atoms with E-state index in [0.717, 1.165) is 18.2 Å². The van der Waals surface area contributed by atoms with Crippen molar-refractivity contribution in [3.05, 3.63) is 29.8 Å². The molecule has 6 heteroatoms. The van der Waals surface area contributed by atoms with Gasteiger partial charge >= 0.3 is 5.97 Å². The third-order valence-corrected chi connectivity index (χ3v) is 3.01. The molecular formula is C14H19F2NO3. The summed E-state index contributed by atoms with van der Waals surface area (Å²) in [6.07, 6.45) is 0.735. The second-order valence-electron chi connectivity index (χ2n) is 4.69. The van der Waals surface area contributed by atoms with Crippen molar-refractivity contribution in [3.63, 3.8) is 0 Å². The van der Waals surface area contributed by atoms with Crippen LogP contribution in [0.25, 0.3) is 0 Å². The third kappa shape index (κ3) is 4.45. The zero-order chi connectivity index (χ0) is 15.2. The molecule has 0 bridgehead atoms. The number of ether oxygens (including phenoxy) is 1. The van der Waals surface area contributed by atoms with Crippen LogP contribution in [-0.4, -0.2) is 29.8 Å². The monoisotopic (exact) mass is 287 g/mol. The molecule has 112 valence electrons. The Morgan fingerprint density at radius 3 is 2.75 bits per heavy atom. The molecule has 0 spiro atoms. The van der Waals surface area contributed by atoms with Gasteiger partial charge in [0, 0.05) is 6.07 Å². The zero-order valence-electron chi connectivity index (χ0n) is 11.6. The second kappa shape index (κ2) is 7.19. The van der Waals surface area contributed by atoms with Gasteiger partial charge in [-0.05, 0) is 38.4 Å². The number of carbonyl (C=O) groups is 1. The van der Waals surface area contributed by atoms with Gasteiger partial charge in [-0.1, -0.05) is 6.92 Å².